The van der Waals surface area contributed by atoms with Gasteiger partial charge in [-0.05, 0) is 6.07 Å². The number of nitrogens with zero attached hydrogens (tertiary/aromatic N) is 3. The molecule has 27 heavy (non-hydrogen) atoms. The fourth-order valence-electron chi connectivity index (χ4n) is 2.60. The van der Waals surface area contributed by atoms with Crippen molar-refractivity contribution in [2.24, 2.45) is 12.0 Å². The van der Waals surface area contributed by atoms with E-state index in [4.69, 9.17) is 28.2 Å². The summed E-state index contributed by atoms with van der Waals surface area (Å²) in [5.74, 6) is 0.724. The predicted octanol–water partition coefficient (Wildman–Crippen LogP) is 4.36. The number of benzene rings is 1. The Labute approximate surface area is 173 Å². The van der Waals surface area contributed by atoms with Crippen LogP contribution in [0.25, 0.3) is 10.6 Å². The maximum atomic E-state index is 6.10. The number of rotatable bonds is 6. The zero-order valence-electron chi connectivity index (χ0n) is 15.2. The lowest BCUT2D eigenvalue weighted by Gasteiger charge is -2.12. The summed E-state index contributed by atoms with van der Waals surface area (Å²) in [6.45, 7) is 1.32. The summed E-state index contributed by atoms with van der Waals surface area (Å²) in [5, 5.41) is 10.8. The van der Waals surface area contributed by atoms with Crippen LogP contribution in [0.1, 0.15) is 11.4 Å². The molecule has 3 rings (SSSR count). The molecule has 142 valence electrons. The van der Waals surface area contributed by atoms with Gasteiger partial charge >= 0.3 is 0 Å². The number of thiazole rings is 1. The second kappa shape index (κ2) is 9.26. The van der Waals surface area contributed by atoms with Crippen LogP contribution in [0.5, 0.6) is 0 Å². The fraction of sp³-hybridized carbons (Fsp3) is 0.263. The van der Waals surface area contributed by atoms with Crippen LogP contribution in [0.3, 0.4) is 0 Å². The summed E-state index contributed by atoms with van der Waals surface area (Å²) >= 11 is 13.8. The molecule has 2 N–H and O–H groups in total. The molecule has 0 spiro atoms. The molecule has 3 aromatic rings. The average Bonchev–Trinajstić information content (AvgIpc) is 3.26. The highest BCUT2D eigenvalue weighted by Gasteiger charge is 2.09. The van der Waals surface area contributed by atoms with Gasteiger partial charge < -0.3 is 15.2 Å². The van der Waals surface area contributed by atoms with E-state index >= 15 is 0 Å². The van der Waals surface area contributed by atoms with Gasteiger partial charge in [0.25, 0.3) is 0 Å². The minimum Gasteiger partial charge on any atom is -0.356 e. The van der Waals surface area contributed by atoms with Gasteiger partial charge in [0.2, 0.25) is 0 Å². The Morgan fingerprint density at radius 1 is 1.22 bits per heavy atom. The second-order valence-corrected chi connectivity index (χ2v) is 7.57. The molecule has 0 radical (unpaired) electrons. The molecule has 0 aliphatic heterocycles. The molecule has 0 aliphatic rings. The van der Waals surface area contributed by atoms with Crippen LogP contribution in [0.15, 0.2) is 46.8 Å². The van der Waals surface area contributed by atoms with E-state index in [9.17, 15) is 0 Å². The number of hydrogen-bond donors (Lipinski definition) is 2. The lowest BCUT2D eigenvalue weighted by Crippen LogP contribution is -2.38. The Kier molecular flexibility index (Phi) is 6.77. The van der Waals surface area contributed by atoms with E-state index in [2.05, 4.69) is 33.1 Å². The molecule has 0 saturated carbocycles. The van der Waals surface area contributed by atoms with Crippen molar-refractivity contribution in [1.29, 1.82) is 0 Å². The Hall–Kier alpha value is -2.02. The second-order valence-electron chi connectivity index (χ2n) is 5.95. The van der Waals surface area contributed by atoms with Gasteiger partial charge in [-0.3, -0.25) is 4.99 Å². The van der Waals surface area contributed by atoms with Crippen LogP contribution in [0, 0.1) is 0 Å². The standard InChI is InChI=1S/C19H21Cl2N5S/c1-22-19(24-11-15-10-16(20)17(21)26(15)2)23-9-8-14-12-27-18(25-14)13-6-4-3-5-7-13/h3-7,10,12H,8-9,11H2,1-2H3,(H2,22,23,24). The van der Waals surface area contributed by atoms with Crippen LogP contribution < -0.4 is 10.6 Å². The lowest BCUT2D eigenvalue weighted by molar-refractivity contribution is 0.744. The van der Waals surface area contributed by atoms with Crippen molar-refractivity contribution in [2.45, 2.75) is 13.0 Å². The topological polar surface area (TPSA) is 54.2 Å². The molecule has 0 amide bonds. The summed E-state index contributed by atoms with van der Waals surface area (Å²) < 4.78 is 1.85. The number of halogens is 2. The quantitative estimate of drug-likeness (QED) is 0.459. The third-order valence-corrected chi connectivity index (χ3v) is 5.90. The molecular weight excluding hydrogens is 401 g/mol. The van der Waals surface area contributed by atoms with Gasteiger partial charge in [-0.25, -0.2) is 4.98 Å². The van der Waals surface area contributed by atoms with Crippen molar-refractivity contribution in [1.82, 2.24) is 20.2 Å². The van der Waals surface area contributed by atoms with Gasteiger partial charge in [0.15, 0.2) is 5.96 Å². The first-order valence-corrected chi connectivity index (χ1v) is 10.2. The number of guanidine groups is 1. The number of aromatic nitrogens is 2. The first-order valence-electron chi connectivity index (χ1n) is 8.52. The van der Waals surface area contributed by atoms with E-state index < -0.39 is 0 Å². The number of aliphatic imine (C=N–C) groups is 1. The van der Waals surface area contributed by atoms with E-state index in [0.717, 1.165) is 40.9 Å². The van der Waals surface area contributed by atoms with Gasteiger partial charge in [0.1, 0.15) is 10.2 Å². The van der Waals surface area contributed by atoms with Crippen molar-refractivity contribution in [2.75, 3.05) is 13.6 Å². The van der Waals surface area contributed by atoms with Gasteiger partial charge in [-0.1, -0.05) is 53.5 Å². The first kappa shape index (κ1) is 19.7. The molecule has 2 aromatic heterocycles. The van der Waals surface area contributed by atoms with Crippen molar-refractivity contribution in [3.63, 3.8) is 0 Å². The molecule has 0 unspecified atom stereocenters. The summed E-state index contributed by atoms with van der Waals surface area (Å²) in [6.07, 6.45) is 0.825. The van der Waals surface area contributed by atoms with Crippen molar-refractivity contribution in [3.8, 4) is 10.6 Å². The van der Waals surface area contributed by atoms with Gasteiger partial charge in [0.05, 0.1) is 17.3 Å². The highest BCUT2D eigenvalue weighted by molar-refractivity contribution is 7.13. The minimum absolute atomic E-state index is 0.536. The fourth-order valence-corrected chi connectivity index (χ4v) is 3.87. The molecule has 0 aliphatic carbocycles. The first-order chi connectivity index (χ1) is 13.1. The molecule has 0 bridgehead atoms. The normalized spacial score (nSPS) is 11.6. The highest BCUT2D eigenvalue weighted by atomic mass is 35.5. The van der Waals surface area contributed by atoms with Crippen molar-refractivity contribution in [3.05, 3.63) is 63.3 Å². The monoisotopic (exact) mass is 421 g/mol. The average molecular weight is 422 g/mol. The van der Waals surface area contributed by atoms with Crippen LogP contribution in [0.4, 0.5) is 0 Å². The summed E-state index contributed by atoms with van der Waals surface area (Å²) in [5.41, 5.74) is 3.21. The molecule has 0 saturated heterocycles. The third-order valence-electron chi connectivity index (χ3n) is 4.12. The smallest absolute Gasteiger partial charge is 0.191 e. The molecule has 0 atom stereocenters. The lowest BCUT2D eigenvalue weighted by atomic mass is 10.2. The molecule has 0 fully saturated rings. The molecule has 2 heterocycles. The maximum absolute atomic E-state index is 6.10. The van der Waals surface area contributed by atoms with E-state index in [1.807, 2.05) is 35.9 Å². The molecular formula is C19H21Cl2N5S. The van der Waals surface area contributed by atoms with Crippen LogP contribution in [0.2, 0.25) is 10.2 Å². The Bertz CT molecular complexity index is 918. The Balaban J connectivity index is 1.49. The van der Waals surface area contributed by atoms with Crippen molar-refractivity contribution >= 4 is 40.5 Å². The van der Waals surface area contributed by atoms with Gasteiger partial charge in [0, 0.05) is 43.7 Å². The van der Waals surface area contributed by atoms with Gasteiger partial charge in [-0.2, -0.15) is 0 Å². The summed E-state index contributed by atoms with van der Waals surface area (Å²) in [4.78, 5) is 8.95. The highest BCUT2D eigenvalue weighted by Crippen LogP contribution is 2.25. The maximum Gasteiger partial charge on any atom is 0.191 e. The predicted molar refractivity (Wildman–Crippen MR) is 115 cm³/mol. The van der Waals surface area contributed by atoms with Crippen molar-refractivity contribution < 1.29 is 0 Å². The number of nitrogens with one attached hydrogen (secondary N) is 2. The number of hydrogen-bond acceptors (Lipinski definition) is 3. The van der Waals surface area contributed by atoms with Crippen LogP contribution >= 0.6 is 34.5 Å². The van der Waals surface area contributed by atoms with Crippen LogP contribution in [-0.2, 0) is 20.0 Å². The largest absolute Gasteiger partial charge is 0.356 e. The zero-order valence-corrected chi connectivity index (χ0v) is 17.5. The summed E-state index contributed by atoms with van der Waals surface area (Å²) in [7, 11) is 3.63. The third kappa shape index (κ3) is 5.03. The minimum atomic E-state index is 0.536. The molecule has 1 aromatic carbocycles. The van der Waals surface area contributed by atoms with E-state index in [1.54, 1.807) is 18.4 Å². The SMILES string of the molecule is CN=C(NCCc1csc(-c2ccccc2)n1)NCc1cc(Cl)c(Cl)n1C. The van der Waals surface area contributed by atoms with E-state index in [-0.39, 0.29) is 0 Å². The van der Waals surface area contributed by atoms with E-state index in [0.29, 0.717) is 16.7 Å². The molecule has 5 nitrogen and oxygen atoms in total. The molecule has 8 heteroatoms. The van der Waals surface area contributed by atoms with E-state index in [1.165, 1.54) is 0 Å². The van der Waals surface area contributed by atoms with Crippen LogP contribution in [-0.4, -0.2) is 29.1 Å². The Morgan fingerprint density at radius 3 is 2.67 bits per heavy atom. The zero-order chi connectivity index (χ0) is 19.2. The Morgan fingerprint density at radius 2 is 2.00 bits per heavy atom. The van der Waals surface area contributed by atoms with Gasteiger partial charge in [-0.15, -0.1) is 11.3 Å². The summed E-state index contributed by atoms with van der Waals surface area (Å²) in [6, 6.07) is 12.1.